The topological polar surface area (TPSA) is 84.7 Å². The first-order chi connectivity index (χ1) is 9.90. The number of rotatable bonds is 3. The van der Waals surface area contributed by atoms with Gasteiger partial charge in [0, 0.05) is 31.8 Å². The number of amides is 1. The zero-order valence-electron chi connectivity index (χ0n) is 12.2. The number of carbonyl (C=O) groups is 1. The molecule has 2 rings (SSSR count). The Morgan fingerprint density at radius 3 is 2.67 bits per heavy atom. The highest BCUT2D eigenvalue weighted by atomic mass is 16.6. The third kappa shape index (κ3) is 3.69. The van der Waals surface area contributed by atoms with Crippen molar-refractivity contribution in [1.29, 1.82) is 0 Å². The highest BCUT2D eigenvalue weighted by Crippen LogP contribution is 2.18. The Kier molecular flexibility index (Phi) is 4.42. The number of nitrogens with zero attached hydrogens (tertiary/aromatic N) is 2. The molecule has 7 nitrogen and oxygen atoms in total. The highest BCUT2D eigenvalue weighted by molar-refractivity contribution is 5.69. The summed E-state index contributed by atoms with van der Waals surface area (Å²) >= 11 is 0. The number of ether oxygens (including phenoxy) is 1. The summed E-state index contributed by atoms with van der Waals surface area (Å²) in [5, 5.41) is 13.8. The Hall–Kier alpha value is -2.15. The van der Waals surface area contributed by atoms with Gasteiger partial charge in [-0.2, -0.15) is 0 Å². The number of hydrogen-bond acceptors (Lipinski definition) is 5. The lowest BCUT2D eigenvalue weighted by atomic mass is 10.0. The Bertz CT molecular complexity index is 528. The lowest BCUT2D eigenvalue weighted by Gasteiger charge is -2.41. The van der Waals surface area contributed by atoms with Crippen molar-refractivity contribution in [1.82, 2.24) is 10.2 Å². The lowest BCUT2D eigenvalue weighted by Crippen LogP contribution is -2.59. The van der Waals surface area contributed by atoms with Crippen molar-refractivity contribution in [2.75, 3.05) is 19.6 Å². The Labute approximate surface area is 123 Å². The molecule has 114 valence electrons. The van der Waals surface area contributed by atoms with E-state index in [4.69, 9.17) is 4.74 Å². The zero-order valence-corrected chi connectivity index (χ0v) is 12.2. The van der Waals surface area contributed by atoms with Crippen molar-refractivity contribution >= 4 is 11.8 Å². The molecule has 1 fully saturated rings. The number of nitrogens with one attached hydrogen (secondary N) is 1. The van der Waals surface area contributed by atoms with Crippen LogP contribution in [0, 0.1) is 10.1 Å². The maximum absolute atomic E-state index is 12.1. The van der Waals surface area contributed by atoms with E-state index in [0.717, 1.165) is 18.7 Å². The number of nitro groups is 1. The van der Waals surface area contributed by atoms with E-state index in [1.54, 1.807) is 17.0 Å². The second kappa shape index (κ2) is 6.09. The van der Waals surface area contributed by atoms with Crippen LogP contribution in [-0.4, -0.2) is 41.1 Å². The third-order valence-electron chi connectivity index (χ3n) is 3.53. The van der Waals surface area contributed by atoms with E-state index in [9.17, 15) is 14.9 Å². The van der Waals surface area contributed by atoms with Gasteiger partial charge < -0.3 is 15.0 Å². The molecule has 0 bridgehead atoms. The van der Waals surface area contributed by atoms with Crippen LogP contribution in [0.5, 0.6) is 0 Å². The third-order valence-corrected chi connectivity index (χ3v) is 3.53. The molecule has 0 atom stereocenters. The van der Waals surface area contributed by atoms with Crippen LogP contribution < -0.4 is 5.32 Å². The molecular weight excluding hydrogens is 274 g/mol. The molecular formula is C14H19N3O4. The Balaban J connectivity index is 1.93. The molecule has 0 aliphatic carbocycles. The standard InChI is InChI=1S/C14H19N3O4/c1-14(2)10-15-7-8-16(14)13(18)21-9-11-3-5-12(6-4-11)17(19)20/h3-6,15H,7-10H2,1-2H3. The van der Waals surface area contributed by atoms with Gasteiger partial charge in [-0.05, 0) is 31.5 Å². The minimum atomic E-state index is -0.459. The molecule has 0 radical (unpaired) electrons. The van der Waals surface area contributed by atoms with Gasteiger partial charge in [0.15, 0.2) is 0 Å². The SMILES string of the molecule is CC1(C)CNCCN1C(=O)OCc1ccc([N+](=O)[O-])cc1. The average Bonchev–Trinajstić information content (AvgIpc) is 2.44. The number of non-ortho nitro benzene ring substituents is 1. The van der Waals surface area contributed by atoms with Gasteiger partial charge in [-0.25, -0.2) is 4.79 Å². The van der Waals surface area contributed by atoms with Gasteiger partial charge in [0.05, 0.1) is 10.5 Å². The summed E-state index contributed by atoms with van der Waals surface area (Å²) in [4.78, 5) is 23.9. The fourth-order valence-electron chi connectivity index (χ4n) is 2.26. The maximum Gasteiger partial charge on any atom is 0.410 e. The first-order valence-electron chi connectivity index (χ1n) is 6.78. The molecule has 1 aromatic carbocycles. The van der Waals surface area contributed by atoms with E-state index >= 15 is 0 Å². The summed E-state index contributed by atoms with van der Waals surface area (Å²) in [6, 6.07) is 5.98. The zero-order chi connectivity index (χ0) is 15.5. The van der Waals surface area contributed by atoms with Crippen molar-refractivity contribution in [3.63, 3.8) is 0 Å². The quantitative estimate of drug-likeness (QED) is 0.679. The second-order valence-corrected chi connectivity index (χ2v) is 5.62. The minimum Gasteiger partial charge on any atom is -0.445 e. The Morgan fingerprint density at radius 1 is 1.43 bits per heavy atom. The maximum atomic E-state index is 12.1. The number of nitro benzene ring substituents is 1. The van der Waals surface area contributed by atoms with Gasteiger partial charge in [0.2, 0.25) is 0 Å². The molecule has 1 aliphatic heterocycles. The second-order valence-electron chi connectivity index (χ2n) is 5.62. The molecule has 0 aromatic heterocycles. The van der Waals surface area contributed by atoms with Crippen molar-refractivity contribution in [3.05, 3.63) is 39.9 Å². The van der Waals surface area contributed by atoms with Crippen molar-refractivity contribution < 1.29 is 14.5 Å². The van der Waals surface area contributed by atoms with Crippen molar-refractivity contribution in [2.45, 2.75) is 26.0 Å². The summed E-state index contributed by atoms with van der Waals surface area (Å²) in [5.74, 6) is 0. The molecule has 1 saturated heterocycles. The number of hydrogen-bond donors (Lipinski definition) is 1. The summed E-state index contributed by atoms with van der Waals surface area (Å²) in [6.45, 7) is 6.14. The van der Waals surface area contributed by atoms with E-state index in [-0.39, 0.29) is 23.9 Å². The van der Waals surface area contributed by atoms with Gasteiger partial charge in [-0.1, -0.05) is 0 Å². The van der Waals surface area contributed by atoms with Crippen LogP contribution in [0.15, 0.2) is 24.3 Å². The van der Waals surface area contributed by atoms with Crippen LogP contribution in [0.3, 0.4) is 0 Å². The molecule has 0 spiro atoms. The fourth-order valence-corrected chi connectivity index (χ4v) is 2.26. The van der Waals surface area contributed by atoms with Crippen molar-refractivity contribution in [3.8, 4) is 0 Å². The molecule has 1 heterocycles. The van der Waals surface area contributed by atoms with E-state index in [2.05, 4.69) is 5.32 Å². The number of piperazine rings is 1. The summed E-state index contributed by atoms with van der Waals surface area (Å²) in [7, 11) is 0. The van der Waals surface area contributed by atoms with Crippen LogP contribution in [0.1, 0.15) is 19.4 Å². The molecule has 7 heteroatoms. The molecule has 0 unspecified atom stereocenters. The van der Waals surface area contributed by atoms with Crippen LogP contribution >= 0.6 is 0 Å². The minimum absolute atomic E-state index is 0.0216. The molecule has 1 aromatic rings. The van der Waals surface area contributed by atoms with Gasteiger partial charge in [-0.3, -0.25) is 10.1 Å². The monoisotopic (exact) mass is 293 g/mol. The first kappa shape index (κ1) is 15.2. The largest absolute Gasteiger partial charge is 0.445 e. The predicted octanol–water partition coefficient (Wildman–Crippen LogP) is 1.92. The van der Waals surface area contributed by atoms with Crippen molar-refractivity contribution in [2.24, 2.45) is 0 Å². The molecule has 21 heavy (non-hydrogen) atoms. The smallest absolute Gasteiger partial charge is 0.410 e. The molecule has 1 amide bonds. The first-order valence-corrected chi connectivity index (χ1v) is 6.78. The normalized spacial score (nSPS) is 17.3. The number of benzene rings is 1. The van der Waals surface area contributed by atoms with Crippen LogP contribution in [0.4, 0.5) is 10.5 Å². The van der Waals surface area contributed by atoms with Crippen LogP contribution in [-0.2, 0) is 11.3 Å². The van der Waals surface area contributed by atoms with Gasteiger partial charge in [0.1, 0.15) is 6.61 Å². The highest BCUT2D eigenvalue weighted by Gasteiger charge is 2.34. The van der Waals surface area contributed by atoms with Gasteiger partial charge in [-0.15, -0.1) is 0 Å². The average molecular weight is 293 g/mol. The fraction of sp³-hybridized carbons (Fsp3) is 0.500. The van der Waals surface area contributed by atoms with E-state index in [1.165, 1.54) is 12.1 Å². The molecule has 1 aliphatic rings. The molecule has 0 saturated carbocycles. The lowest BCUT2D eigenvalue weighted by molar-refractivity contribution is -0.384. The summed E-state index contributed by atoms with van der Waals surface area (Å²) in [6.07, 6.45) is -0.361. The molecule has 1 N–H and O–H groups in total. The van der Waals surface area contributed by atoms with Crippen LogP contribution in [0.25, 0.3) is 0 Å². The van der Waals surface area contributed by atoms with E-state index in [1.807, 2.05) is 13.8 Å². The number of carbonyl (C=O) groups excluding carboxylic acids is 1. The summed E-state index contributed by atoms with van der Waals surface area (Å²) in [5.41, 5.74) is 0.459. The van der Waals surface area contributed by atoms with Gasteiger partial charge >= 0.3 is 6.09 Å². The van der Waals surface area contributed by atoms with E-state index in [0.29, 0.717) is 6.54 Å². The van der Waals surface area contributed by atoms with Crippen LogP contribution in [0.2, 0.25) is 0 Å². The summed E-state index contributed by atoms with van der Waals surface area (Å²) < 4.78 is 5.29. The predicted molar refractivity (Wildman–Crippen MR) is 76.9 cm³/mol. The van der Waals surface area contributed by atoms with E-state index < -0.39 is 4.92 Å². The Morgan fingerprint density at radius 2 is 2.10 bits per heavy atom. The van der Waals surface area contributed by atoms with Gasteiger partial charge in [0.25, 0.3) is 5.69 Å².